The van der Waals surface area contributed by atoms with E-state index < -0.39 is 0 Å². The SMILES string of the molecule is O=CC1=Cc2cc(Cl)cc3cnn(c23)[C@@H]1c1ccccc1. The highest BCUT2D eigenvalue weighted by atomic mass is 35.5. The predicted molar refractivity (Wildman–Crippen MR) is 83.4 cm³/mol. The van der Waals surface area contributed by atoms with Crippen LogP contribution in [0.4, 0.5) is 0 Å². The summed E-state index contributed by atoms with van der Waals surface area (Å²) in [6.45, 7) is 0. The first-order valence-corrected chi connectivity index (χ1v) is 7.04. The van der Waals surface area contributed by atoms with Crippen molar-refractivity contribution in [3.05, 3.63) is 70.4 Å². The third-order valence-electron chi connectivity index (χ3n) is 3.82. The smallest absolute Gasteiger partial charge is 0.148 e. The highest BCUT2D eigenvalue weighted by Crippen LogP contribution is 2.37. The average Bonchev–Trinajstić information content (AvgIpc) is 2.92. The minimum absolute atomic E-state index is 0.185. The van der Waals surface area contributed by atoms with Crippen LogP contribution in [0.1, 0.15) is 17.2 Å². The second-order valence-electron chi connectivity index (χ2n) is 5.10. The number of allylic oxidation sites excluding steroid dienone is 1. The van der Waals surface area contributed by atoms with Crippen molar-refractivity contribution in [2.75, 3.05) is 0 Å². The molecule has 1 atom stereocenters. The first-order chi connectivity index (χ1) is 10.3. The molecule has 0 bridgehead atoms. The number of rotatable bonds is 2. The molecule has 0 radical (unpaired) electrons. The van der Waals surface area contributed by atoms with Crippen LogP contribution in [0, 0.1) is 0 Å². The van der Waals surface area contributed by atoms with Gasteiger partial charge in [-0.15, -0.1) is 0 Å². The first-order valence-electron chi connectivity index (χ1n) is 6.66. The van der Waals surface area contributed by atoms with E-state index in [1.807, 2.05) is 53.2 Å². The molecule has 0 aliphatic carbocycles. The molecule has 3 nitrogen and oxygen atoms in total. The molecule has 0 unspecified atom stereocenters. The van der Waals surface area contributed by atoms with Crippen molar-refractivity contribution < 1.29 is 4.79 Å². The standard InChI is InChI=1S/C17H11ClN2O/c18-15-7-12-6-14(10-21)16(11-4-2-1-3-5-11)20-17(12)13(8-15)9-19-20/h1-10,16H/t16-/m1/s1. The van der Waals surface area contributed by atoms with Crippen LogP contribution in [0.3, 0.4) is 0 Å². The van der Waals surface area contributed by atoms with Crippen LogP contribution >= 0.6 is 11.6 Å². The van der Waals surface area contributed by atoms with E-state index in [9.17, 15) is 4.79 Å². The lowest BCUT2D eigenvalue weighted by Crippen LogP contribution is -2.18. The number of hydrogen-bond acceptors (Lipinski definition) is 2. The molecule has 3 aromatic rings. The molecular weight excluding hydrogens is 284 g/mol. The molecule has 0 saturated carbocycles. The summed E-state index contributed by atoms with van der Waals surface area (Å²) in [6, 6.07) is 13.5. The van der Waals surface area contributed by atoms with Gasteiger partial charge in [-0.25, -0.2) is 0 Å². The molecule has 4 rings (SSSR count). The Kier molecular flexibility index (Phi) is 2.69. The van der Waals surface area contributed by atoms with Gasteiger partial charge in [0.25, 0.3) is 0 Å². The van der Waals surface area contributed by atoms with E-state index in [0.29, 0.717) is 10.6 Å². The summed E-state index contributed by atoms with van der Waals surface area (Å²) >= 11 is 6.13. The molecule has 0 saturated heterocycles. The number of aromatic nitrogens is 2. The predicted octanol–water partition coefficient (Wildman–Crippen LogP) is 3.88. The second-order valence-corrected chi connectivity index (χ2v) is 5.53. The molecule has 2 heterocycles. The van der Waals surface area contributed by atoms with Crippen molar-refractivity contribution in [2.24, 2.45) is 0 Å². The van der Waals surface area contributed by atoms with Crippen molar-refractivity contribution in [3.8, 4) is 0 Å². The highest BCUT2D eigenvalue weighted by molar-refractivity contribution is 6.31. The van der Waals surface area contributed by atoms with Gasteiger partial charge in [0.15, 0.2) is 0 Å². The number of benzene rings is 2. The summed E-state index contributed by atoms with van der Waals surface area (Å²) in [5, 5.41) is 6.12. The molecule has 1 aliphatic heterocycles. The van der Waals surface area contributed by atoms with Crippen LogP contribution < -0.4 is 0 Å². The van der Waals surface area contributed by atoms with Crippen LogP contribution in [0.5, 0.6) is 0 Å². The van der Waals surface area contributed by atoms with Crippen molar-refractivity contribution in [1.29, 1.82) is 0 Å². The zero-order chi connectivity index (χ0) is 14.4. The van der Waals surface area contributed by atoms with Gasteiger partial charge in [-0.1, -0.05) is 41.9 Å². The van der Waals surface area contributed by atoms with E-state index in [4.69, 9.17) is 11.6 Å². The lowest BCUT2D eigenvalue weighted by atomic mass is 9.94. The zero-order valence-electron chi connectivity index (χ0n) is 11.0. The molecule has 1 aliphatic rings. The molecule has 4 heteroatoms. The normalized spacial score (nSPS) is 16.8. The van der Waals surface area contributed by atoms with Crippen LogP contribution in [0.25, 0.3) is 17.0 Å². The van der Waals surface area contributed by atoms with Gasteiger partial charge in [0, 0.05) is 21.5 Å². The van der Waals surface area contributed by atoms with Crippen LogP contribution in [0.2, 0.25) is 5.02 Å². The number of carbonyl (C=O) groups is 1. The van der Waals surface area contributed by atoms with Gasteiger partial charge in [0.05, 0.1) is 11.7 Å². The zero-order valence-corrected chi connectivity index (χ0v) is 11.8. The molecule has 0 N–H and O–H groups in total. The topological polar surface area (TPSA) is 34.9 Å². The second kappa shape index (κ2) is 4.57. The number of hydrogen-bond donors (Lipinski definition) is 0. The third-order valence-corrected chi connectivity index (χ3v) is 4.04. The summed E-state index contributed by atoms with van der Waals surface area (Å²) in [7, 11) is 0. The largest absolute Gasteiger partial charge is 0.298 e. The average molecular weight is 295 g/mol. The van der Waals surface area contributed by atoms with Crippen molar-refractivity contribution >= 4 is 34.9 Å². The molecule has 102 valence electrons. The summed E-state index contributed by atoms with van der Waals surface area (Å²) in [4.78, 5) is 11.5. The minimum Gasteiger partial charge on any atom is -0.298 e. The van der Waals surface area contributed by atoms with Gasteiger partial charge in [0.1, 0.15) is 12.3 Å². The Bertz CT molecular complexity index is 880. The van der Waals surface area contributed by atoms with Gasteiger partial charge in [-0.3, -0.25) is 9.48 Å². The molecule has 0 amide bonds. The third kappa shape index (κ3) is 1.82. The molecule has 0 spiro atoms. The Hall–Kier alpha value is -2.39. The Morgan fingerprint density at radius 1 is 1.19 bits per heavy atom. The van der Waals surface area contributed by atoms with Crippen LogP contribution in [0.15, 0.2) is 54.2 Å². The molecule has 0 fully saturated rings. The Morgan fingerprint density at radius 3 is 2.76 bits per heavy atom. The van der Waals surface area contributed by atoms with E-state index >= 15 is 0 Å². The van der Waals surface area contributed by atoms with E-state index in [1.165, 1.54) is 0 Å². The lowest BCUT2D eigenvalue weighted by Gasteiger charge is -2.24. The summed E-state index contributed by atoms with van der Waals surface area (Å²) < 4.78 is 1.90. The Balaban J connectivity index is 2.04. The maximum absolute atomic E-state index is 11.5. The minimum atomic E-state index is -0.185. The van der Waals surface area contributed by atoms with Gasteiger partial charge in [-0.05, 0) is 23.8 Å². The number of halogens is 1. The first kappa shape index (κ1) is 12.4. The maximum atomic E-state index is 11.5. The quantitative estimate of drug-likeness (QED) is 0.672. The molecule has 21 heavy (non-hydrogen) atoms. The summed E-state index contributed by atoms with van der Waals surface area (Å²) in [5.41, 5.74) is 3.67. The van der Waals surface area contributed by atoms with Crippen LogP contribution in [-0.2, 0) is 4.79 Å². The van der Waals surface area contributed by atoms with E-state index in [-0.39, 0.29) is 6.04 Å². The van der Waals surface area contributed by atoms with Crippen molar-refractivity contribution in [3.63, 3.8) is 0 Å². The van der Waals surface area contributed by atoms with Crippen molar-refractivity contribution in [2.45, 2.75) is 6.04 Å². The maximum Gasteiger partial charge on any atom is 0.148 e. The molecule has 2 aromatic carbocycles. The van der Waals surface area contributed by atoms with Crippen LogP contribution in [-0.4, -0.2) is 16.1 Å². The van der Waals surface area contributed by atoms with Crippen molar-refractivity contribution in [1.82, 2.24) is 9.78 Å². The Morgan fingerprint density at radius 2 is 2.00 bits per heavy atom. The molecule has 1 aromatic heterocycles. The monoisotopic (exact) mass is 294 g/mol. The molecular formula is C17H11ClN2O. The fourth-order valence-corrected chi connectivity index (χ4v) is 3.20. The number of nitrogens with zero attached hydrogens (tertiary/aromatic N) is 2. The fraction of sp³-hybridized carbons (Fsp3) is 0.0588. The fourth-order valence-electron chi connectivity index (χ4n) is 2.96. The summed E-state index contributed by atoms with van der Waals surface area (Å²) in [5.74, 6) is 0. The van der Waals surface area contributed by atoms with Gasteiger partial charge in [-0.2, -0.15) is 5.10 Å². The van der Waals surface area contributed by atoms with E-state index in [2.05, 4.69) is 5.10 Å². The summed E-state index contributed by atoms with van der Waals surface area (Å²) in [6.07, 6.45) is 4.60. The highest BCUT2D eigenvalue weighted by Gasteiger charge is 2.26. The van der Waals surface area contributed by atoms with Gasteiger partial charge < -0.3 is 0 Å². The number of carbonyl (C=O) groups excluding carboxylic acids is 1. The Labute approximate surface area is 126 Å². The number of aldehydes is 1. The van der Waals surface area contributed by atoms with Gasteiger partial charge >= 0.3 is 0 Å². The lowest BCUT2D eigenvalue weighted by molar-refractivity contribution is -0.105. The van der Waals surface area contributed by atoms with Gasteiger partial charge in [0.2, 0.25) is 0 Å². The van der Waals surface area contributed by atoms with E-state index in [0.717, 1.165) is 28.3 Å². The van der Waals surface area contributed by atoms with E-state index in [1.54, 1.807) is 6.20 Å².